The Kier molecular flexibility index (Phi) is 6.27. The van der Waals surface area contributed by atoms with Gasteiger partial charge in [-0.1, -0.05) is 23.7 Å². The highest BCUT2D eigenvalue weighted by Gasteiger charge is 2.24. The van der Waals surface area contributed by atoms with Crippen molar-refractivity contribution in [3.63, 3.8) is 0 Å². The van der Waals surface area contributed by atoms with Crippen LogP contribution in [0.5, 0.6) is 0 Å². The Bertz CT molecular complexity index is 1300. The minimum atomic E-state index is -3.06. The highest BCUT2D eigenvalue weighted by atomic mass is 35.5. The number of hydrogen-bond acceptors (Lipinski definition) is 5. The number of aryl methyl sites for hydroxylation is 1. The van der Waals surface area contributed by atoms with Crippen LogP contribution in [0.3, 0.4) is 0 Å². The molecule has 13 heteroatoms. The van der Waals surface area contributed by atoms with Gasteiger partial charge in [0.2, 0.25) is 11.9 Å². The van der Waals surface area contributed by atoms with Crippen LogP contribution in [0.25, 0.3) is 11.0 Å². The van der Waals surface area contributed by atoms with Crippen LogP contribution in [0.15, 0.2) is 36.7 Å². The Balaban J connectivity index is 1.52. The molecule has 33 heavy (non-hydrogen) atoms. The summed E-state index contributed by atoms with van der Waals surface area (Å²) in [6.07, 6.45) is -4.64. The monoisotopic (exact) mass is 481 g/mol. The van der Waals surface area contributed by atoms with Gasteiger partial charge in [0.05, 0.1) is 17.6 Å². The number of fused-ring (bicyclic) bond motifs is 1. The second-order valence-corrected chi connectivity index (χ2v) is 7.56. The van der Waals surface area contributed by atoms with Gasteiger partial charge >= 0.3 is 0 Å². The standard InChI is InChI=1S/C20H16ClF4N7O/c1-10-16-13(17(22)23)6-14(18(24)25)27-19(16)32(29-10)8-15(33)28-20-26-9-31(30-20)7-11-2-4-12(21)5-3-11/h2-6,9,17-18H,7-8H2,1H3,(H,28,30,33). The molecule has 1 amide bonds. The molecule has 0 radical (unpaired) electrons. The summed E-state index contributed by atoms with van der Waals surface area (Å²) in [4.78, 5) is 20.2. The molecule has 0 fully saturated rings. The first-order chi connectivity index (χ1) is 15.7. The van der Waals surface area contributed by atoms with Gasteiger partial charge in [-0.15, -0.1) is 5.10 Å². The Hall–Kier alpha value is -3.54. The molecule has 4 rings (SSSR count). The third-order valence-corrected chi connectivity index (χ3v) is 4.98. The maximum atomic E-state index is 13.4. The normalized spacial score (nSPS) is 11.6. The lowest BCUT2D eigenvalue weighted by atomic mass is 10.1. The predicted octanol–water partition coefficient (Wildman–Crippen LogP) is 4.55. The molecule has 8 nitrogen and oxygen atoms in total. The quantitative estimate of drug-likeness (QED) is 0.391. The summed E-state index contributed by atoms with van der Waals surface area (Å²) in [6, 6.07) is 7.77. The molecule has 0 spiro atoms. The molecular formula is C20H16ClF4N7O. The molecule has 0 aliphatic heterocycles. The Morgan fingerprint density at radius 2 is 1.85 bits per heavy atom. The van der Waals surface area contributed by atoms with E-state index >= 15 is 0 Å². The summed E-state index contributed by atoms with van der Waals surface area (Å²) in [5.74, 6) is -0.622. The van der Waals surface area contributed by atoms with Crippen molar-refractivity contribution in [2.75, 3.05) is 5.32 Å². The van der Waals surface area contributed by atoms with Gasteiger partial charge < -0.3 is 0 Å². The lowest BCUT2D eigenvalue weighted by Gasteiger charge is -2.08. The zero-order valence-corrected chi connectivity index (χ0v) is 17.8. The van der Waals surface area contributed by atoms with Crippen molar-refractivity contribution in [1.82, 2.24) is 29.5 Å². The lowest BCUT2D eigenvalue weighted by Crippen LogP contribution is -2.21. The molecule has 1 N–H and O–H groups in total. The van der Waals surface area contributed by atoms with Crippen LogP contribution in [-0.2, 0) is 17.9 Å². The van der Waals surface area contributed by atoms with Gasteiger partial charge in [-0.3, -0.25) is 10.1 Å². The number of amides is 1. The van der Waals surface area contributed by atoms with E-state index in [1.807, 2.05) is 12.1 Å². The zero-order valence-electron chi connectivity index (χ0n) is 17.0. The van der Waals surface area contributed by atoms with Crippen LogP contribution in [0, 0.1) is 6.92 Å². The average Bonchev–Trinajstić information content (AvgIpc) is 3.32. The summed E-state index contributed by atoms with van der Waals surface area (Å²) in [7, 11) is 0. The highest BCUT2D eigenvalue weighted by molar-refractivity contribution is 6.30. The first-order valence-corrected chi connectivity index (χ1v) is 9.97. The van der Waals surface area contributed by atoms with Gasteiger partial charge in [0.1, 0.15) is 18.6 Å². The molecular weight excluding hydrogens is 466 g/mol. The topological polar surface area (TPSA) is 90.5 Å². The first kappa shape index (κ1) is 22.6. The third kappa shape index (κ3) is 4.95. The van der Waals surface area contributed by atoms with Crippen molar-refractivity contribution in [3.05, 3.63) is 64.2 Å². The van der Waals surface area contributed by atoms with Gasteiger partial charge in [0.25, 0.3) is 12.9 Å². The molecule has 0 saturated carbocycles. The molecule has 0 atom stereocenters. The molecule has 0 bridgehead atoms. The third-order valence-electron chi connectivity index (χ3n) is 4.73. The van der Waals surface area contributed by atoms with E-state index in [-0.39, 0.29) is 22.7 Å². The number of pyridine rings is 1. The van der Waals surface area contributed by atoms with Gasteiger partial charge in [-0.25, -0.2) is 36.9 Å². The largest absolute Gasteiger partial charge is 0.292 e. The molecule has 0 saturated heterocycles. The Morgan fingerprint density at radius 1 is 1.12 bits per heavy atom. The number of carbonyl (C=O) groups is 1. The maximum absolute atomic E-state index is 13.4. The Labute approximate surface area is 189 Å². The van der Waals surface area contributed by atoms with E-state index in [0.29, 0.717) is 17.6 Å². The Morgan fingerprint density at radius 3 is 2.52 bits per heavy atom. The lowest BCUT2D eigenvalue weighted by molar-refractivity contribution is -0.116. The van der Waals surface area contributed by atoms with Crippen LogP contribution in [-0.4, -0.2) is 35.4 Å². The summed E-state index contributed by atoms with van der Waals surface area (Å²) in [5.41, 5.74) is -0.593. The number of benzene rings is 1. The van der Waals surface area contributed by atoms with Gasteiger partial charge in [-0.2, -0.15) is 5.10 Å². The van der Waals surface area contributed by atoms with Crippen molar-refractivity contribution in [2.24, 2.45) is 0 Å². The number of hydrogen-bond donors (Lipinski definition) is 1. The fourth-order valence-electron chi connectivity index (χ4n) is 3.31. The summed E-state index contributed by atoms with van der Waals surface area (Å²) < 4.78 is 55.7. The van der Waals surface area contributed by atoms with Crippen molar-refractivity contribution < 1.29 is 22.4 Å². The molecule has 0 aliphatic rings. The van der Waals surface area contributed by atoms with E-state index in [2.05, 4.69) is 25.5 Å². The fourth-order valence-corrected chi connectivity index (χ4v) is 3.43. The van der Waals surface area contributed by atoms with Gasteiger partial charge in [0.15, 0.2) is 5.65 Å². The number of aromatic nitrogens is 6. The van der Waals surface area contributed by atoms with Crippen LogP contribution in [0.4, 0.5) is 23.5 Å². The van der Waals surface area contributed by atoms with Crippen LogP contribution in [0.2, 0.25) is 5.02 Å². The molecule has 0 unspecified atom stereocenters. The number of rotatable bonds is 7. The second kappa shape index (κ2) is 9.14. The number of carbonyl (C=O) groups excluding carboxylic acids is 1. The summed E-state index contributed by atoms with van der Waals surface area (Å²) in [5, 5.41) is 11.2. The molecule has 4 aromatic rings. The molecule has 1 aromatic carbocycles. The van der Waals surface area contributed by atoms with Crippen molar-refractivity contribution >= 4 is 34.5 Å². The zero-order chi connectivity index (χ0) is 23.7. The van der Waals surface area contributed by atoms with Crippen molar-refractivity contribution in [1.29, 1.82) is 0 Å². The first-order valence-electron chi connectivity index (χ1n) is 9.59. The number of nitrogens with zero attached hydrogens (tertiary/aromatic N) is 6. The van der Waals surface area contributed by atoms with Gasteiger partial charge in [-0.05, 0) is 30.7 Å². The number of nitrogens with one attached hydrogen (secondary N) is 1. The molecule has 3 aromatic heterocycles. The van der Waals surface area contributed by atoms with Crippen molar-refractivity contribution in [3.8, 4) is 0 Å². The van der Waals surface area contributed by atoms with E-state index in [0.717, 1.165) is 10.2 Å². The molecule has 172 valence electrons. The highest BCUT2D eigenvalue weighted by Crippen LogP contribution is 2.32. The predicted molar refractivity (Wildman–Crippen MR) is 111 cm³/mol. The van der Waals surface area contributed by atoms with E-state index in [4.69, 9.17) is 11.6 Å². The van der Waals surface area contributed by atoms with E-state index in [1.165, 1.54) is 17.9 Å². The summed E-state index contributed by atoms with van der Waals surface area (Å²) in [6.45, 7) is 1.37. The minimum Gasteiger partial charge on any atom is -0.292 e. The number of anilines is 1. The van der Waals surface area contributed by atoms with E-state index in [9.17, 15) is 22.4 Å². The van der Waals surface area contributed by atoms with E-state index < -0.39 is 36.6 Å². The van der Waals surface area contributed by atoms with Crippen LogP contribution >= 0.6 is 11.6 Å². The summed E-state index contributed by atoms with van der Waals surface area (Å²) >= 11 is 5.86. The fraction of sp³-hybridized carbons (Fsp3) is 0.250. The minimum absolute atomic E-state index is 0.0108. The second-order valence-electron chi connectivity index (χ2n) is 7.12. The van der Waals surface area contributed by atoms with Crippen LogP contribution in [0.1, 0.15) is 35.4 Å². The van der Waals surface area contributed by atoms with Crippen LogP contribution < -0.4 is 5.32 Å². The maximum Gasteiger partial charge on any atom is 0.280 e. The molecule has 3 heterocycles. The number of halogens is 5. The van der Waals surface area contributed by atoms with E-state index in [1.54, 1.807) is 12.1 Å². The van der Waals surface area contributed by atoms with Gasteiger partial charge in [0, 0.05) is 10.6 Å². The average molecular weight is 482 g/mol. The van der Waals surface area contributed by atoms with Crippen molar-refractivity contribution in [2.45, 2.75) is 32.9 Å². The molecule has 0 aliphatic carbocycles. The SMILES string of the molecule is Cc1nn(CC(=O)Nc2ncn(Cc3ccc(Cl)cc3)n2)c2nc(C(F)F)cc(C(F)F)c12. The smallest absolute Gasteiger partial charge is 0.280 e. The number of alkyl halides is 4.